The molecule has 1 aromatic rings. The second-order valence-electron chi connectivity index (χ2n) is 5.66. The van der Waals surface area contributed by atoms with Gasteiger partial charge in [0.15, 0.2) is 5.96 Å². The molecule has 0 radical (unpaired) electrons. The Morgan fingerprint density at radius 1 is 1.24 bits per heavy atom. The monoisotopic (exact) mass is 462 g/mol. The standard InChI is InChI=1S/C18H30N4O2.HI/c1-5-12-24-16-9-7-8-15(13-16)10-11-20-18(19-6-2)21-14-17(23)22(3)4;/h7-9,13H,5-6,10-12,14H2,1-4H3,(H2,19,20,21);1H. The summed E-state index contributed by atoms with van der Waals surface area (Å²) in [5.41, 5.74) is 1.20. The molecule has 0 saturated carbocycles. The van der Waals surface area contributed by atoms with Crippen molar-refractivity contribution in [3.63, 3.8) is 0 Å². The Kier molecular flexibility index (Phi) is 12.9. The maximum atomic E-state index is 11.6. The number of hydrogen-bond donors (Lipinski definition) is 2. The van der Waals surface area contributed by atoms with Gasteiger partial charge in [-0.3, -0.25) is 4.79 Å². The number of guanidine groups is 1. The lowest BCUT2D eigenvalue weighted by molar-refractivity contribution is -0.127. The summed E-state index contributed by atoms with van der Waals surface area (Å²) in [5.74, 6) is 1.55. The molecule has 2 N–H and O–H groups in total. The lowest BCUT2D eigenvalue weighted by atomic mass is 10.1. The van der Waals surface area contributed by atoms with Gasteiger partial charge in [-0.2, -0.15) is 0 Å². The Balaban J connectivity index is 0.00000576. The van der Waals surface area contributed by atoms with E-state index in [1.54, 1.807) is 14.1 Å². The quantitative estimate of drug-likeness (QED) is 0.336. The van der Waals surface area contributed by atoms with Crippen molar-refractivity contribution < 1.29 is 9.53 Å². The van der Waals surface area contributed by atoms with E-state index in [0.717, 1.165) is 38.3 Å². The number of benzene rings is 1. The van der Waals surface area contributed by atoms with Crippen molar-refractivity contribution in [3.8, 4) is 5.75 Å². The number of rotatable bonds is 9. The van der Waals surface area contributed by atoms with Gasteiger partial charge in [-0.05, 0) is 37.5 Å². The molecule has 0 bridgehead atoms. The Bertz CT molecular complexity index is 536. The Hall–Kier alpha value is -1.51. The number of halogens is 1. The zero-order valence-electron chi connectivity index (χ0n) is 15.7. The van der Waals surface area contributed by atoms with Crippen LogP contribution in [0, 0.1) is 0 Å². The minimum absolute atomic E-state index is 0. The average Bonchev–Trinajstić information content (AvgIpc) is 2.57. The van der Waals surface area contributed by atoms with Crippen LogP contribution in [0.15, 0.2) is 29.3 Å². The number of aliphatic imine (C=N–C) groups is 1. The van der Waals surface area contributed by atoms with E-state index in [4.69, 9.17) is 4.74 Å². The van der Waals surface area contributed by atoms with Crippen molar-refractivity contribution in [1.29, 1.82) is 0 Å². The minimum Gasteiger partial charge on any atom is -0.494 e. The van der Waals surface area contributed by atoms with E-state index in [1.807, 2.05) is 19.1 Å². The SMILES string of the molecule is CCCOc1cccc(CCNC(=NCC(=O)N(C)C)NCC)c1.I. The molecular weight excluding hydrogens is 431 g/mol. The van der Waals surface area contributed by atoms with Gasteiger partial charge in [0.2, 0.25) is 5.91 Å². The van der Waals surface area contributed by atoms with Crippen molar-refractivity contribution in [2.45, 2.75) is 26.7 Å². The van der Waals surface area contributed by atoms with Crippen LogP contribution in [0.4, 0.5) is 0 Å². The van der Waals surface area contributed by atoms with Crippen LogP contribution in [0.25, 0.3) is 0 Å². The normalized spacial score (nSPS) is 10.6. The van der Waals surface area contributed by atoms with E-state index in [9.17, 15) is 4.79 Å². The van der Waals surface area contributed by atoms with Gasteiger partial charge >= 0.3 is 0 Å². The fourth-order valence-electron chi connectivity index (χ4n) is 1.97. The van der Waals surface area contributed by atoms with Crippen LogP contribution in [0.2, 0.25) is 0 Å². The van der Waals surface area contributed by atoms with Gasteiger partial charge in [0.1, 0.15) is 12.3 Å². The summed E-state index contributed by atoms with van der Waals surface area (Å²) in [7, 11) is 3.46. The first kappa shape index (κ1) is 23.5. The van der Waals surface area contributed by atoms with Gasteiger partial charge in [0, 0.05) is 27.2 Å². The number of amides is 1. The molecule has 0 heterocycles. The second kappa shape index (κ2) is 13.7. The van der Waals surface area contributed by atoms with E-state index in [-0.39, 0.29) is 36.4 Å². The van der Waals surface area contributed by atoms with E-state index in [0.29, 0.717) is 5.96 Å². The Morgan fingerprint density at radius 2 is 2.00 bits per heavy atom. The number of nitrogens with zero attached hydrogens (tertiary/aromatic N) is 2. The molecular formula is C18H31IN4O2. The molecule has 1 aromatic carbocycles. The first-order valence-corrected chi connectivity index (χ1v) is 8.50. The zero-order chi connectivity index (χ0) is 17.8. The third-order valence-electron chi connectivity index (χ3n) is 3.29. The first-order chi connectivity index (χ1) is 11.6. The molecule has 6 nitrogen and oxygen atoms in total. The summed E-state index contributed by atoms with van der Waals surface area (Å²) >= 11 is 0. The number of likely N-dealkylation sites (N-methyl/N-ethyl adjacent to an activating group) is 1. The van der Waals surface area contributed by atoms with E-state index in [1.165, 1.54) is 10.5 Å². The number of hydrogen-bond acceptors (Lipinski definition) is 3. The Morgan fingerprint density at radius 3 is 2.64 bits per heavy atom. The summed E-state index contributed by atoms with van der Waals surface area (Å²) in [4.78, 5) is 17.5. The highest BCUT2D eigenvalue weighted by molar-refractivity contribution is 14.0. The van der Waals surface area contributed by atoms with Gasteiger partial charge in [0.05, 0.1) is 6.61 Å². The van der Waals surface area contributed by atoms with Gasteiger partial charge in [-0.15, -0.1) is 24.0 Å². The highest BCUT2D eigenvalue weighted by atomic mass is 127. The maximum absolute atomic E-state index is 11.6. The lowest BCUT2D eigenvalue weighted by Gasteiger charge is -2.13. The lowest BCUT2D eigenvalue weighted by Crippen LogP contribution is -2.39. The molecule has 0 aliphatic heterocycles. The third-order valence-corrected chi connectivity index (χ3v) is 3.29. The predicted octanol–water partition coefficient (Wildman–Crippen LogP) is 2.28. The Labute approximate surface area is 168 Å². The van der Waals surface area contributed by atoms with Crippen LogP contribution in [-0.4, -0.2) is 57.1 Å². The van der Waals surface area contributed by atoms with Gasteiger partial charge < -0.3 is 20.3 Å². The second-order valence-corrected chi connectivity index (χ2v) is 5.66. The van der Waals surface area contributed by atoms with Crippen molar-refractivity contribution in [1.82, 2.24) is 15.5 Å². The molecule has 142 valence electrons. The van der Waals surface area contributed by atoms with Crippen LogP contribution >= 0.6 is 24.0 Å². The number of carbonyl (C=O) groups is 1. The molecule has 7 heteroatoms. The van der Waals surface area contributed by atoms with Crippen LogP contribution < -0.4 is 15.4 Å². The number of carbonyl (C=O) groups excluding carboxylic acids is 1. The van der Waals surface area contributed by atoms with Crippen LogP contribution in [0.5, 0.6) is 5.75 Å². The third kappa shape index (κ3) is 10.2. The molecule has 0 spiro atoms. The summed E-state index contributed by atoms with van der Waals surface area (Å²) in [5, 5.41) is 6.40. The van der Waals surface area contributed by atoms with Gasteiger partial charge in [-0.1, -0.05) is 19.1 Å². The van der Waals surface area contributed by atoms with E-state index < -0.39 is 0 Å². The topological polar surface area (TPSA) is 66.0 Å². The van der Waals surface area contributed by atoms with Crippen molar-refractivity contribution in [2.75, 3.05) is 40.3 Å². The summed E-state index contributed by atoms with van der Waals surface area (Å²) in [6, 6.07) is 8.14. The number of nitrogens with one attached hydrogen (secondary N) is 2. The fraction of sp³-hybridized carbons (Fsp3) is 0.556. The van der Waals surface area contributed by atoms with Crippen molar-refractivity contribution >= 4 is 35.8 Å². The average molecular weight is 462 g/mol. The van der Waals surface area contributed by atoms with Crippen molar-refractivity contribution in [3.05, 3.63) is 29.8 Å². The smallest absolute Gasteiger partial charge is 0.243 e. The van der Waals surface area contributed by atoms with Gasteiger partial charge in [-0.25, -0.2) is 4.99 Å². The fourth-order valence-corrected chi connectivity index (χ4v) is 1.97. The first-order valence-electron chi connectivity index (χ1n) is 8.50. The number of ether oxygens (including phenoxy) is 1. The molecule has 0 fully saturated rings. The van der Waals surface area contributed by atoms with E-state index >= 15 is 0 Å². The molecule has 0 aromatic heterocycles. The van der Waals surface area contributed by atoms with Crippen LogP contribution in [-0.2, 0) is 11.2 Å². The molecule has 0 unspecified atom stereocenters. The zero-order valence-corrected chi connectivity index (χ0v) is 18.0. The molecule has 0 aliphatic carbocycles. The summed E-state index contributed by atoms with van der Waals surface area (Å²) in [6.07, 6.45) is 1.86. The van der Waals surface area contributed by atoms with Gasteiger partial charge in [0.25, 0.3) is 0 Å². The molecule has 1 rings (SSSR count). The van der Waals surface area contributed by atoms with Crippen molar-refractivity contribution in [2.24, 2.45) is 4.99 Å². The molecule has 0 saturated heterocycles. The van der Waals surface area contributed by atoms with Crippen LogP contribution in [0.3, 0.4) is 0 Å². The van der Waals surface area contributed by atoms with E-state index in [2.05, 4.69) is 34.7 Å². The van der Waals surface area contributed by atoms with Crippen LogP contribution in [0.1, 0.15) is 25.8 Å². The molecule has 25 heavy (non-hydrogen) atoms. The predicted molar refractivity (Wildman–Crippen MR) is 114 cm³/mol. The highest BCUT2D eigenvalue weighted by Gasteiger charge is 2.04. The molecule has 0 aliphatic rings. The maximum Gasteiger partial charge on any atom is 0.243 e. The largest absolute Gasteiger partial charge is 0.494 e. The minimum atomic E-state index is -0.0204. The summed E-state index contributed by atoms with van der Waals surface area (Å²) < 4.78 is 5.65. The molecule has 0 atom stereocenters. The highest BCUT2D eigenvalue weighted by Crippen LogP contribution is 2.13. The summed E-state index contributed by atoms with van der Waals surface area (Å²) in [6.45, 7) is 6.46. The molecule has 1 amide bonds.